The van der Waals surface area contributed by atoms with Crippen molar-refractivity contribution in [3.63, 3.8) is 0 Å². The van der Waals surface area contributed by atoms with Crippen LogP contribution < -0.4 is 9.64 Å². The summed E-state index contributed by atoms with van der Waals surface area (Å²) in [5, 5.41) is 2.19. The van der Waals surface area contributed by atoms with Crippen LogP contribution in [-0.4, -0.2) is 36.1 Å². The van der Waals surface area contributed by atoms with Crippen molar-refractivity contribution in [2.24, 2.45) is 5.92 Å². The molecule has 1 aliphatic heterocycles. The molecule has 1 saturated heterocycles. The number of rotatable bonds is 5. The van der Waals surface area contributed by atoms with Crippen LogP contribution in [0.3, 0.4) is 0 Å². The van der Waals surface area contributed by atoms with Gasteiger partial charge in [-0.05, 0) is 53.4 Å². The first-order valence-corrected chi connectivity index (χ1v) is 9.48. The van der Waals surface area contributed by atoms with Gasteiger partial charge in [-0.1, -0.05) is 18.2 Å². The Bertz CT molecular complexity index is 962. The highest BCUT2D eigenvalue weighted by atomic mass is 16.5. The van der Waals surface area contributed by atoms with Crippen molar-refractivity contribution >= 4 is 22.7 Å². The molecule has 0 N–H and O–H groups in total. The normalized spacial score (nSPS) is 16.8. The quantitative estimate of drug-likeness (QED) is 0.633. The van der Waals surface area contributed by atoms with E-state index in [1.165, 1.54) is 0 Å². The van der Waals surface area contributed by atoms with E-state index in [4.69, 9.17) is 9.47 Å². The number of aromatic nitrogens is 2. The van der Waals surface area contributed by atoms with Crippen molar-refractivity contribution < 1.29 is 14.3 Å². The zero-order chi connectivity index (χ0) is 19.3. The Hall–Kier alpha value is -3.15. The lowest BCUT2D eigenvalue weighted by molar-refractivity contribution is -0.150. The Kier molecular flexibility index (Phi) is 5.37. The molecule has 28 heavy (non-hydrogen) atoms. The minimum atomic E-state index is -0.157. The Balaban J connectivity index is 1.38. The number of carbonyl (C=O) groups excluding carboxylic acids is 1. The molecule has 0 bridgehead atoms. The lowest BCUT2D eigenvalue weighted by Gasteiger charge is -2.31. The number of methoxy groups -OCH3 is 1. The average molecular weight is 377 g/mol. The van der Waals surface area contributed by atoms with Gasteiger partial charge in [0.05, 0.1) is 13.0 Å². The van der Waals surface area contributed by atoms with E-state index in [1.807, 2.05) is 36.4 Å². The molecule has 144 valence electrons. The molecule has 2 aromatic carbocycles. The number of benzene rings is 2. The number of hydrogen-bond acceptors (Lipinski definition) is 6. The Morgan fingerprint density at radius 1 is 1.14 bits per heavy atom. The largest absolute Gasteiger partial charge is 0.497 e. The first-order valence-electron chi connectivity index (χ1n) is 9.48. The SMILES string of the molecule is COc1ccc2cc(COC(=O)C3CCCN(c4ncccn4)C3)ccc2c1. The van der Waals surface area contributed by atoms with Crippen molar-refractivity contribution in [2.75, 3.05) is 25.1 Å². The summed E-state index contributed by atoms with van der Waals surface area (Å²) < 4.78 is 10.9. The predicted molar refractivity (Wildman–Crippen MR) is 107 cm³/mol. The summed E-state index contributed by atoms with van der Waals surface area (Å²) >= 11 is 0. The van der Waals surface area contributed by atoms with Gasteiger partial charge in [-0.2, -0.15) is 0 Å². The van der Waals surface area contributed by atoms with E-state index in [0.29, 0.717) is 12.5 Å². The third-order valence-corrected chi connectivity index (χ3v) is 5.08. The summed E-state index contributed by atoms with van der Waals surface area (Å²) in [5.74, 6) is 1.19. The van der Waals surface area contributed by atoms with Crippen molar-refractivity contribution in [1.82, 2.24) is 9.97 Å². The highest BCUT2D eigenvalue weighted by Crippen LogP contribution is 2.24. The summed E-state index contributed by atoms with van der Waals surface area (Å²) in [5.41, 5.74) is 0.977. The fourth-order valence-electron chi connectivity index (χ4n) is 3.57. The van der Waals surface area contributed by atoms with Crippen LogP contribution in [0.5, 0.6) is 5.75 Å². The first kappa shape index (κ1) is 18.2. The van der Waals surface area contributed by atoms with E-state index < -0.39 is 0 Å². The number of fused-ring (bicyclic) bond motifs is 1. The number of esters is 1. The van der Waals surface area contributed by atoms with Crippen molar-refractivity contribution in [1.29, 1.82) is 0 Å². The molecule has 2 heterocycles. The molecule has 0 amide bonds. The van der Waals surface area contributed by atoms with Gasteiger partial charge in [0.25, 0.3) is 0 Å². The van der Waals surface area contributed by atoms with Gasteiger partial charge in [0.2, 0.25) is 5.95 Å². The molecule has 4 rings (SSSR count). The van der Waals surface area contributed by atoms with Crippen LogP contribution in [-0.2, 0) is 16.1 Å². The number of hydrogen-bond donors (Lipinski definition) is 0. The molecule has 1 unspecified atom stereocenters. The van der Waals surface area contributed by atoms with Gasteiger partial charge in [0, 0.05) is 25.5 Å². The van der Waals surface area contributed by atoms with Crippen LogP contribution in [0.2, 0.25) is 0 Å². The Morgan fingerprint density at radius 3 is 2.75 bits per heavy atom. The van der Waals surface area contributed by atoms with E-state index in [0.717, 1.165) is 41.5 Å². The molecular formula is C22H23N3O3. The second-order valence-corrected chi connectivity index (χ2v) is 6.99. The average Bonchev–Trinajstić information content (AvgIpc) is 2.77. The van der Waals surface area contributed by atoms with Crippen molar-refractivity contribution in [2.45, 2.75) is 19.4 Å². The molecule has 0 aliphatic carbocycles. The van der Waals surface area contributed by atoms with Crippen LogP contribution in [0.25, 0.3) is 10.8 Å². The van der Waals surface area contributed by atoms with Gasteiger partial charge in [0.1, 0.15) is 12.4 Å². The maximum Gasteiger partial charge on any atom is 0.311 e. The maximum absolute atomic E-state index is 12.6. The molecular weight excluding hydrogens is 354 g/mol. The number of ether oxygens (including phenoxy) is 2. The lowest BCUT2D eigenvalue weighted by atomic mass is 9.98. The molecule has 6 heteroatoms. The molecule has 0 radical (unpaired) electrons. The van der Waals surface area contributed by atoms with Gasteiger partial charge in [-0.25, -0.2) is 9.97 Å². The zero-order valence-corrected chi connectivity index (χ0v) is 15.9. The molecule has 0 spiro atoms. The number of nitrogens with zero attached hydrogens (tertiary/aromatic N) is 3. The second-order valence-electron chi connectivity index (χ2n) is 6.99. The molecule has 3 aromatic rings. The summed E-state index contributed by atoms with van der Waals surface area (Å²) in [6, 6.07) is 13.8. The van der Waals surface area contributed by atoms with Crippen molar-refractivity contribution in [3.8, 4) is 5.75 Å². The Morgan fingerprint density at radius 2 is 1.93 bits per heavy atom. The first-order chi connectivity index (χ1) is 13.7. The third kappa shape index (κ3) is 4.06. The molecule has 1 aromatic heterocycles. The highest BCUT2D eigenvalue weighted by Gasteiger charge is 2.28. The van der Waals surface area contributed by atoms with Gasteiger partial charge in [-0.15, -0.1) is 0 Å². The molecule has 6 nitrogen and oxygen atoms in total. The fraction of sp³-hybridized carbons (Fsp3) is 0.318. The van der Waals surface area contributed by atoms with Gasteiger partial charge in [-0.3, -0.25) is 4.79 Å². The summed E-state index contributed by atoms with van der Waals surface area (Å²) in [6.07, 6.45) is 5.20. The predicted octanol–water partition coefficient (Wildman–Crippen LogP) is 3.60. The zero-order valence-electron chi connectivity index (χ0n) is 15.9. The smallest absolute Gasteiger partial charge is 0.311 e. The van der Waals surface area contributed by atoms with E-state index in [2.05, 4.69) is 14.9 Å². The molecule has 1 fully saturated rings. The van der Waals surface area contributed by atoms with Crippen LogP contribution in [0, 0.1) is 5.92 Å². The Labute approximate surface area is 164 Å². The van der Waals surface area contributed by atoms with Crippen LogP contribution in [0.15, 0.2) is 54.9 Å². The maximum atomic E-state index is 12.6. The summed E-state index contributed by atoms with van der Waals surface area (Å²) in [4.78, 5) is 23.2. The van der Waals surface area contributed by atoms with Gasteiger partial charge >= 0.3 is 5.97 Å². The number of carbonyl (C=O) groups is 1. The highest BCUT2D eigenvalue weighted by molar-refractivity contribution is 5.84. The van der Waals surface area contributed by atoms with Crippen LogP contribution >= 0.6 is 0 Å². The van der Waals surface area contributed by atoms with E-state index in [1.54, 1.807) is 25.6 Å². The standard InChI is InChI=1S/C22H23N3O3/c1-27-20-8-7-17-12-16(5-6-18(17)13-20)15-28-21(26)19-4-2-11-25(14-19)22-23-9-3-10-24-22/h3,5-10,12-13,19H,2,4,11,14-15H2,1H3. The van der Waals surface area contributed by atoms with E-state index in [9.17, 15) is 4.79 Å². The molecule has 1 atom stereocenters. The topological polar surface area (TPSA) is 64.6 Å². The van der Waals surface area contributed by atoms with Gasteiger partial charge < -0.3 is 14.4 Å². The number of piperidine rings is 1. The minimum Gasteiger partial charge on any atom is -0.497 e. The number of anilines is 1. The summed E-state index contributed by atoms with van der Waals surface area (Å²) in [7, 11) is 1.66. The van der Waals surface area contributed by atoms with E-state index in [-0.39, 0.29) is 18.5 Å². The van der Waals surface area contributed by atoms with E-state index >= 15 is 0 Å². The molecule has 1 aliphatic rings. The molecule has 0 saturated carbocycles. The lowest BCUT2D eigenvalue weighted by Crippen LogP contribution is -2.40. The van der Waals surface area contributed by atoms with Crippen molar-refractivity contribution in [3.05, 3.63) is 60.4 Å². The second kappa shape index (κ2) is 8.25. The fourth-order valence-corrected chi connectivity index (χ4v) is 3.57. The van der Waals surface area contributed by atoms with Crippen LogP contribution in [0.4, 0.5) is 5.95 Å². The summed E-state index contributed by atoms with van der Waals surface area (Å²) in [6.45, 7) is 1.74. The third-order valence-electron chi connectivity index (χ3n) is 5.08. The minimum absolute atomic E-state index is 0.151. The van der Waals surface area contributed by atoms with Crippen LogP contribution in [0.1, 0.15) is 18.4 Å². The van der Waals surface area contributed by atoms with Gasteiger partial charge in [0.15, 0.2) is 0 Å². The monoisotopic (exact) mass is 377 g/mol.